The van der Waals surface area contributed by atoms with Crippen molar-refractivity contribution in [3.63, 3.8) is 0 Å². The smallest absolute Gasteiger partial charge is 0.336 e. The third kappa shape index (κ3) is 15.3. The maximum atomic E-state index is 12.7. The highest BCUT2D eigenvalue weighted by Crippen LogP contribution is 2.22. The molecule has 0 bridgehead atoms. The van der Waals surface area contributed by atoms with Crippen molar-refractivity contribution in [2.75, 3.05) is 45.8 Å². The van der Waals surface area contributed by atoms with E-state index in [0.29, 0.717) is 43.4 Å². The van der Waals surface area contributed by atoms with Gasteiger partial charge in [0.1, 0.15) is 17.4 Å². The quantitative estimate of drug-likeness (QED) is 0.0485. The summed E-state index contributed by atoms with van der Waals surface area (Å²) in [6.45, 7) is 4.79. The highest BCUT2D eigenvalue weighted by molar-refractivity contribution is 5.93. The monoisotopic (exact) mass is 646 g/mol. The molecule has 0 saturated carbocycles. The Balaban J connectivity index is 1.57. The number of carbonyl (C=O) groups is 4. The molecule has 0 unspecified atom stereocenters. The SMILES string of the molecule is NCCCC[C@H](N)C(=O)NCCCNCCCNCCCCNC(=O)[C@H](CC(N)=O)NC(=O)Cc1cc(=O)oc2cc(O)ccc12. The number of amides is 4. The first-order valence-electron chi connectivity index (χ1n) is 15.9. The summed E-state index contributed by atoms with van der Waals surface area (Å²) in [4.78, 5) is 60.8. The fourth-order valence-electron chi connectivity index (χ4n) is 4.69. The molecule has 4 amide bonds. The van der Waals surface area contributed by atoms with E-state index in [1.807, 2.05) is 0 Å². The van der Waals surface area contributed by atoms with E-state index in [4.69, 9.17) is 21.6 Å². The number of unbranched alkanes of at least 4 members (excludes halogenated alkanes) is 2. The van der Waals surface area contributed by atoms with Crippen molar-refractivity contribution in [1.29, 1.82) is 0 Å². The lowest BCUT2D eigenvalue weighted by Crippen LogP contribution is -2.49. The molecule has 0 aliphatic heterocycles. The van der Waals surface area contributed by atoms with Gasteiger partial charge in [0.25, 0.3) is 0 Å². The number of phenolic OH excluding ortho intramolecular Hbond substituents is 1. The average molecular weight is 647 g/mol. The number of rotatable bonds is 24. The summed E-state index contributed by atoms with van der Waals surface area (Å²) in [7, 11) is 0. The van der Waals surface area contributed by atoms with Crippen molar-refractivity contribution in [2.24, 2.45) is 17.2 Å². The Bertz CT molecular complexity index is 1320. The predicted molar refractivity (Wildman–Crippen MR) is 175 cm³/mol. The third-order valence-corrected chi connectivity index (χ3v) is 7.14. The molecule has 1 aromatic heterocycles. The van der Waals surface area contributed by atoms with Crippen molar-refractivity contribution < 1.29 is 28.7 Å². The number of carbonyl (C=O) groups excluding carboxylic acids is 4. The summed E-state index contributed by atoms with van der Waals surface area (Å²) in [6.07, 6.45) is 5.00. The molecule has 1 heterocycles. The van der Waals surface area contributed by atoms with Gasteiger partial charge in [-0.05, 0) is 88.9 Å². The number of primary amides is 1. The van der Waals surface area contributed by atoms with Crippen LogP contribution in [0.4, 0.5) is 0 Å². The topological polar surface area (TPSA) is 257 Å². The van der Waals surface area contributed by atoms with E-state index >= 15 is 0 Å². The molecule has 0 spiro atoms. The Labute approximate surface area is 268 Å². The van der Waals surface area contributed by atoms with E-state index in [1.54, 1.807) is 0 Å². The molecular weight excluding hydrogens is 596 g/mol. The van der Waals surface area contributed by atoms with Crippen LogP contribution in [0.15, 0.2) is 33.5 Å². The van der Waals surface area contributed by atoms with Gasteiger partial charge < -0.3 is 53.3 Å². The fraction of sp³-hybridized carbons (Fsp3) is 0.581. The molecule has 2 atom stereocenters. The summed E-state index contributed by atoms with van der Waals surface area (Å²) in [5.41, 5.74) is 16.4. The fourth-order valence-corrected chi connectivity index (χ4v) is 4.69. The molecule has 1 aromatic carbocycles. The normalized spacial score (nSPS) is 12.4. The number of nitrogens with one attached hydrogen (secondary N) is 5. The maximum Gasteiger partial charge on any atom is 0.336 e. The van der Waals surface area contributed by atoms with Gasteiger partial charge in [0.2, 0.25) is 23.6 Å². The Morgan fingerprint density at radius 2 is 1.46 bits per heavy atom. The van der Waals surface area contributed by atoms with Crippen LogP contribution >= 0.6 is 0 Å². The van der Waals surface area contributed by atoms with Crippen LogP contribution in [0.1, 0.15) is 56.9 Å². The van der Waals surface area contributed by atoms with Gasteiger partial charge in [0.15, 0.2) is 0 Å². The van der Waals surface area contributed by atoms with E-state index in [9.17, 15) is 29.1 Å². The molecule has 0 aliphatic carbocycles. The maximum absolute atomic E-state index is 12.7. The summed E-state index contributed by atoms with van der Waals surface area (Å²) in [5.74, 6) is -2.07. The molecule has 0 saturated heterocycles. The van der Waals surface area contributed by atoms with Gasteiger partial charge >= 0.3 is 5.63 Å². The molecule has 46 heavy (non-hydrogen) atoms. The van der Waals surface area contributed by atoms with Gasteiger partial charge in [0, 0.05) is 30.6 Å². The van der Waals surface area contributed by atoms with Gasteiger partial charge in [-0.1, -0.05) is 6.42 Å². The predicted octanol–water partition coefficient (Wildman–Crippen LogP) is -1.17. The van der Waals surface area contributed by atoms with Crippen LogP contribution < -0.4 is 49.4 Å². The Hall–Kier alpha value is -4.05. The number of fused-ring (bicyclic) bond motifs is 1. The van der Waals surface area contributed by atoms with Crippen LogP contribution in [0.3, 0.4) is 0 Å². The zero-order valence-corrected chi connectivity index (χ0v) is 26.4. The first kappa shape index (κ1) is 38.1. The molecule has 0 radical (unpaired) electrons. The summed E-state index contributed by atoms with van der Waals surface area (Å²) in [5, 5.41) is 24.9. The third-order valence-electron chi connectivity index (χ3n) is 7.14. The number of hydrogen-bond acceptors (Lipinski definition) is 11. The highest BCUT2D eigenvalue weighted by atomic mass is 16.4. The largest absolute Gasteiger partial charge is 0.508 e. The van der Waals surface area contributed by atoms with Crippen LogP contribution in [0.5, 0.6) is 5.75 Å². The highest BCUT2D eigenvalue weighted by Gasteiger charge is 2.23. The number of hydrogen-bond donors (Lipinski definition) is 9. The van der Waals surface area contributed by atoms with Crippen LogP contribution in [0.25, 0.3) is 11.0 Å². The minimum absolute atomic E-state index is 0.0952. The standard InChI is InChI=1S/C31H50N8O7/c32-10-2-1-7-24(33)30(44)37-16-6-14-36-13-5-12-35-11-3-4-15-38-31(45)25(20-27(34)41)39-28(42)17-21-18-29(43)46-26-19-22(40)8-9-23(21)26/h8-9,18-19,24-25,35-36,40H,1-7,10-17,20,32-33H2,(H2,34,41)(H,37,44)(H,38,45)(H,39,42)/t24-,25-/m0/s1. The van der Waals surface area contributed by atoms with Crippen molar-refractivity contribution in [2.45, 2.75) is 69.9 Å². The molecule has 12 N–H and O–H groups in total. The molecule has 15 nitrogen and oxygen atoms in total. The zero-order valence-electron chi connectivity index (χ0n) is 26.4. The first-order valence-corrected chi connectivity index (χ1v) is 15.9. The Kier molecular flexibility index (Phi) is 17.9. The lowest BCUT2D eigenvalue weighted by Gasteiger charge is -2.17. The van der Waals surface area contributed by atoms with E-state index in [0.717, 1.165) is 58.3 Å². The minimum Gasteiger partial charge on any atom is -0.508 e. The molecule has 15 heteroatoms. The summed E-state index contributed by atoms with van der Waals surface area (Å²) in [6, 6.07) is 3.72. The average Bonchev–Trinajstić information content (AvgIpc) is 3.00. The van der Waals surface area contributed by atoms with E-state index < -0.39 is 35.4 Å². The second kappa shape index (κ2) is 21.6. The Morgan fingerprint density at radius 1 is 0.826 bits per heavy atom. The van der Waals surface area contributed by atoms with Crippen LogP contribution in [-0.4, -0.2) is 86.6 Å². The zero-order chi connectivity index (χ0) is 33.7. The molecule has 2 aromatic rings. The van der Waals surface area contributed by atoms with Crippen molar-refractivity contribution in [3.8, 4) is 5.75 Å². The van der Waals surface area contributed by atoms with E-state index in [2.05, 4.69) is 26.6 Å². The number of benzene rings is 1. The van der Waals surface area contributed by atoms with Crippen LogP contribution in [-0.2, 0) is 25.6 Å². The molecule has 2 rings (SSSR count). The molecular formula is C31H50N8O7. The molecule has 0 aliphatic rings. The molecule has 256 valence electrons. The molecule has 0 fully saturated rings. The minimum atomic E-state index is -1.16. The second-order valence-electron chi connectivity index (χ2n) is 11.1. The summed E-state index contributed by atoms with van der Waals surface area (Å²) < 4.78 is 5.08. The van der Waals surface area contributed by atoms with Gasteiger partial charge in [-0.15, -0.1) is 0 Å². The second-order valence-corrected chi connectivity index (χ2v) is 11.1. The van der Waals surface area contributed by atoms with E-state index in [-0.39, 0.29) is 30.1 Å². The lowest BCUT2D eigenvalue weighted by molar-refractivity contribution is -0.131. The van der Waals surface area contributed by atoms with Gasteiger partial charge in [-0.25, -0.2) is 4.79 Å². The first-order chi connectivity index (χ1) is 22.1. The number of nitrogens with two attached hydrogens (primary N) is 3. The number of aromatic hydroxyl groups is 1. The van der Waals surface area contributed by atoms with Gasteiger partial charge in [0.05, 0.1) is 18.9 Å². The van der Waals surface area contributed by atoms with Crippen molar-refractivity contribution in [3.05, 3.63) is 40.2 Å². The summed E-state index contributed by atoms with van der Waals surface area (Å²) >= 11 is 0. The van der Waals surface area contributed by atoms with Crippen molar-refractivity contribution >= 4 is 34.6 Å². The van der Waals surface area contributed by atoms with Crippen LogP contribution in [0, 0.1) is 0 Å². The number of phenols is 1. The van der Waals surface area contributed by atoms with Gasteiger partial charge in [-0.3, -0.25) is 19.2 Å². The Morgan fingerprint density at radius 3 is 2.15 bits per heavy atom. The van der Waals surface area contributed by atoms with Gasteiger partial charge in [-0.2, -0.15) is 0 Å². The van der Waals surface area contributed by atoms with Crippen LogP contribution in [0.2, 0.25) is 0 Å². The lowest BCUT2D eigenvalue weighted by atomic mass is 10.1. The van der Waals surface area contributed by atoms with Crippen molar-refractivity contribution in [1.82, 2.24) is 26.6 Å². The van der Waals surface area contributed by atoms with E-state index in [1.165, 1.54) is 24.3 Å².